The minimum atomic E-state index is -3.58. The van der Waals surface area contributed by atoms with E-state index >= 15 is 0 Å². The van der Waals surface area contributed by atoms with Gasteiger partial charge in [0.2, 0.25) is 10.0 Å². The van der Waals surface area contributed by atoms with Crippen molar-refractivity contribution in [1.82, 2.24) is 14.9 Å². The Bertz CT molecular complexity index is 954. The molecule has 0 atom stereocenters. The Balaban J connectivity index is 0.00000480. The van der Waals surface area contributed by atoms with Crippen LogP contribution in [0.5, 0.6) is 5.75 Å². The SMILES string of the molecule is CN=C(NCc1cccc(S(=O)(=O)NCCOC)c1)N(C)Cc1ccccc1OC.I. The highest BCUT2D eigenvalue weighted by atomic mass is 127. The maximum atomic E-state index is 12.4. The van der Waals surface area contributed by atoms with E-state index in [9.17, 15) is 8.42 Å². The van der Waals surface area contributed by atoms with Crippen LogP contribution in [0.15, 0.2) is 58.4 Å². The number of ether oxygens (including phenoxy) is 2. The highest BCUT2D eigenvalue weighted by Crippen LogP contribution is 2.19. The van der Waals surface area contributed by atoms with Crippen molar-refractivity contribution in [2.45, 2.75) is 18.0 Å². The number of halogens is 1. The lowest BCUT2D eigenvalue weighted by Crippen LogP contribution is -2.38. The standard InChI is InChI=1S/C21H30N4O4S.HI/c1-22-21(25(2)16-18-9-5-6-11-20(18)29-4)23-15-17-8-7-10-19(14-17)30(26,27)24-12-13-28-3;/h5-11,14,24H,12-13,15-16H2,1-4H3,(H,22,23);1H. The van der Waals surface area contributed by atoms with Gasteiger partial charge in [-0.15, -0.1) is 24.0 Å². The van der Waals surface area contributed by atoms with Crippen LogP contribution in [0.2, 0.25) is 0 Å². The molecule has 0 bridgehead atoms. The molecule has 172 valence electrons. The lowest BCUT2D eigenvalue weighted by molar-refractivity contribution is 0.204. The molecule has 2 aromatic rings. The fourth-order valence-electron chi connectivity index (χ4n) is 2.91. The summed E-state index contributed by atoms with van der Waals surface area (Å²) >= 11 is 0. The Labute approximate surface area is 202 Å². The van der Waals surface area contributed by atoms with Crippen LogP contribution in [0.4, 0.5) is 0 Å². The second-order valence-electron chi connectivity index (χ2n) is 6.61. The average molecular weight is 562 g/mol. The van der Waals surface area contributed by atoms with E-state index in [-0.39, 0.29) is 35.4 Å². The first kappa shape index (κ1) is 27.1. The van der Waals surface area contributed by atoms with Crippen LogP contribution in [0, 0.1) is 0 Å². The van der Waals surface area contributed by atoms with E-state index in [0.717, 1.165) is 16.9 Å². The van der Waals surface area contributed by atoms with E-state index in [2.05, 4.69) is 15.0 Å². The second kappa shape index (κ2) is 13.5. The normalized spacial score (nSPS) is 11.5. The Kier molecular flexibility index (Phi) is 11.8. The number of methoxy groups -OCH3 is 2. The first-order valence-electron chi connectivity index (χ1n) is 9.52. The van der Waals surface area contributed by atoms with Crippen LogP contribution in [-0.4, -0.2) is 60.7 Å². The zero-order chi connectivity index (χ0) is 22.0. The van der Waals surface area contributed by atoms with Gasteiger partial charge in [0.1, 0.15) is 5.75 Å². The predicted molar refractivity (Wildman–Crippen MR) is 134 cm³/mol. The third-order valence-electron chi connectivity index (χ3n) is 4.43. The van der Waals surface area contributed by atoms with Gasteiger partial charge in [-0.25, -0.2) is 13.1 Å². The van der Waals surface area contributed by atoms with E-state index in [0.29, 0.717) is 25.7 Å². The van der Waals surface area contributed by atoms with Gasteiger partial charge < -0.3 is 19.7 Å². The number of guanidine groups is 1. The smallest absolute Gasteiger partial charge is 0.240 e. The molecule has 0 unspecified atom stereocenters. The number of nitrogens with zero attached hydrogens (tertiary/aromatic N) is 2. The zero-order valence-electron chi connectivity index (χ0n) is 18.3. The van der Waals surface area contributed by atoms with Crippen molar-refractivity contribution >= 4 is 40.0 Å². The van der Waals surface area contributed by atoms with Crippen molar-refractivity contribution in [3.63, 3.8) is 0 Å². The summed E-state index contributed by atoms with van der Waals surface area (Å²) in [7, 11) is 3.24. The first-order chi connectivity index (χ1) is 14.4. The monoisotopic (exact) mass is 562 g/mol. The predicted octanol–water partition coefficient (Wildman–Crippen LogP) is 2.45. The summed E-state index contributed by atoms with van der Waals surface area (Å²) < 4.78 is 37.6. The number of hydrogen-bond acceptors (Lipinski definition) is 5. The van der Waals surface area contributed by atoms with Crippen molar-refractivity contribution in [3.05, 3.63) is 59.7 Å². The van der Waals surface area contributed by atoms with Gasteiger partial charge >= 0.3 is 0 Å². The molecule has 2 aromatic carbocycles. The number of sulfonamides is 1. The quantitative estimate of drug-likeness (QED) is 0.200. The number of hydrogen-bond donors (Lipinski definition) is 2. The van der Waals surface area contributed by atoms with Gasteiger partial charge in [0.25, 0.3) is 0 Å². The molecular weight excluding hydrogens is 531 g/mol. The molecule has 0 aliphatic rings. The van der Waals surface area contributed by atoms with Gasteiger partial charge in [-0.2, -0.15) is 0 Å². The van der Waals surface area contributed by atoms with Gasteiger partial charge in [-0.1, -0.05) is 30.3 Å². The molecule has 0 saturated carbocycles. The van der Waals surface area contributed by atoms with Gasteiger partial charge in [0, 0.05) is 46.4 Å². The zero-order valence-corrected chi connectivity index (χ0v) is 21.4. The lowest BCUT2D eigenvalue weighted by atomic mass is 10.2. The molecule has 0 saturated heterocycles. The first-order valence-corrected chi connectivity index (χ1v) is 11.0. The highest BCUT2D eigenvalue weighted by molar-refractivity contribution is 14.0. The van der Waals surface area contributed by atoms with E-state index < -0.39 is 10.0 Å². The maximum absolute atomic E-state index is 12.4. The van der Waals surface area contributed by atoms with Crippen LogP contribution in [0.25, 0.3) is 0 Å². The number of benzene rings is 2. The Morgan fingerprint density at radius 1 is 1.13 bits per heavy atom. The number of para-hydroxylation sites is 1. The Morgan fingerprint density at radius 3 is 2.55 bits per heavy atom. The highest BCUT2D eigenvalue weighted by Gasteiger charge is 2.14. The Morgan fingerprint density at radius 2 is 1.87 bits per heavy atom. The van der Waals surface area contributed by atoms with Gasteiger partial charge in [-0.05, 0) is 23.8 Å². The van der Waals surface area contributed by atoms with Crippen molar-refractivity contribution in [3.8, 4) is 5.75 Å². The van der Waals surface area contributed by atoms with Crippen molar-refractivity contribution in [2.75, 3.05) is 41.5 Å². The van der Waals surface area contributed by atoms with E-state index in [1.807, 2.05) is 42.3 Å². The largest absolute Gasteiger partial charge is 0.496 e. The molecule has 2 N–H and O–H groups in total. The molecule has 2 rings (SSSR count). The molecule has 0 fully saturated rings. The van der Waals surface area contributed by atoms with Crippen LogP contribution in [0.3, 0.4) is 0 Å². The van der Waals surface area contributed by atoms with Crippen LogP contribution < -0.4 is 14.8 Å². The molecule has 0 aliphatic carbocycles. The number of nitrogens with one attached hydrogen (secondary N) is 2. The summed E-state index contributed by atoms with van der Waals surface area (Å²) in [5.41, 5.74) is 1.87. The molecule has 0 aliphatic heterocycles. The lowest BCUT2D eigenvalue weighted by Gasteiger charge is -2.23. The van der Waals surface area contributed by atoms with Crippen molar-refractivity contribution in [2.24, 2.45) is 4.99 Å². The van der Waals surface area contributed by atoms with Crippen LogP contribution >= 0.6 is 24.0 Å². The van der Waals surface area contributed by atoms with Gasteiger partial charge in [-0.3, -0.25) is 4.99 Å². The van der Waals surface area contributed by atoms with Crippen molar-refractivity contribution < 1.29 is 17.9 Å². The summed E-state index contributed by atoms with van der Waals surface area (Å²) in [6.07, 6.45) is 0. The third-order valence-corrected chi connectivity index (χ3v) is 5.89. The summed E-state index contributed by atoms with van der Waals surface area (Å²) in [5.74, 6) is 1.51. The molecule has 0 radical (unpaired) electrons. The molecule has 8 nitrogen and oxygen atoms in total. The molecule has 31 heavy (non-hydrogen) atoms. The maximum Gasteiger partial charge on any atom is 0.240 e. The topological polar surface area (TPSA) is 92.3 Å². The molecule has 0 aromatic heterocycles. The summed E-state index contributed by atoms with van der Waals surface area (Å²) in [5, 5.41) is 3.27. The van der Waals surface area contributed by atoms with E-state index in [4.69, 9.17) is 9.47 Å². The summed E-state index contributed by atoms with van der Waals surface area (Å²) in [6, 6.07) is 14.6. The molecular formula is C21H31IN4O4S. The van der Waals surface area contributed by atoms with Crippen LogP contribution in [-0.2, 0) is 27.8 Å². The van der Waals surface area contributed by atoms with Crippen LogP contribution in [0.1, 0.15) is 11.1 Å². The molecule has 0 spiro atoms. The number of aliphatic imine (C=N–C) groups is 1. The number of rotatable bonds is 10. The van der Waals surface area contributed by atoms with Gasteiger partial charge in [0.05, 0.1) is 18.6 Å². The molecule has 0 amide bonds. The Hall–Kier alpha value is -1.89. The fraction of sp³-hybridized carbons (Fsp3) is 0.381. The third kappa shape index (κ3) is 8.28. The van der Waals surface area contributed by atoms with Gasteiger partial charge in [0.15, 0.2) is 5.96 Å². The molecule has 10 heteroatoms. The summed E-state index contributed by atoms with van der Waals surface area (Å²) in [4.78, 5) is 6.52. The van der Waals surface area contributed by atoms with E-state index in [1.165, 1.54) is 7.11 Å². The second-order valence-corrected chi connectivity index (χ2v) is 8.37. The minimum absolute atomic E-state index is 0. The summed E-state index contributed by atoms with van der Waals surface area (Å²) in [6.45, 7) is 1.59. The fourth-order valence-corrected chi connectivity index (χ4v) is 4.00. The minimum Gasteiger partial charge on any atom is -0.496 e. The average Bonchev–Trinajstić information content (AvgIpc) is 2.75. The van der Waals surface area contributed by atoms with Crippen molar-refractivity contribution in [1.29, 1.82) is 0 Å². The van der Waals surface area contributed by atoms with E-state index in [1.54, 1.807) is 32.4 Å². The molecule has 0 heterocycles.